The molecule has 3 N–H and O–H groups in total. The lowest BCUT2D eigenvalue weighted by atomic mass is 9.68. The van der Waals surface area contributed by atoms with Crippen LogP contribution >= 0.6 is 0 Å². The summed E-state index contributed by atoms with van der Waals surface area (Å²) in [7, 11) is 0. The molecule has 3 atom stereocenters. The molecule has 0 saturated heterocycles. The summed E-state index contributed by atoms with van der Waals surface area (Å²) in [4.78, 5) is 0. The number of rotatable bonds is 3. The Hall–Kier alpha value is -0.380. The van der Waals surface area contributed by atoms with Crippen LogP contribution in [0.15, 0.2) is 11.1 Å². The zero-order chi connectivity index (χ0) is 12.5. The monoisotopic (exact) mass is 228 g/mol. The van der Waals surface area contributed by atoms with Crippen LogP contribution in [0.1, 0.15) is 47.0 Å². The highest BCUT2D eigenvalue weighted by molar-refractivity contribution is 5.26. The maximum Gasteiger partial charge on any atom is 0.0890 e. The molecule has 0 unspecified atom stereocenters. The van der Waals surface area contributed by atoms with Crippen LogP contribution in [-0.2, 0) is 0 Å². The van der Waals surface area contributed by atoms with E-state index in [0.29, 0.717) is 12.8 Å². The Balaban J connectivity index is 2.89. The van der Waals surface area contributed by atoms with Crippen molar-refractivity contribution in [2.45, 2.75) is 65.3 Å². The lowest BCUT2D eigenvalue weighted by Crippen LogP contribution is -2.44. The molecule has 1 aliphatic rings. The molecule has 3 nitrogen and oxygen atoms in total. The third kappa shape index (κ3) is 2.65. The minimum atomic E-state index is -0.708. The third-order valence-electron chi connectivity index (χ3n) is 3.72. The maximum atomic E-state index is 10.0. The molecule has 1 rings (SSSR count). The maximum absolute atomic E-state index is 10.0. The van der Waals surface area contributed by atoms with Crippen molar-refractivity contribution in [3.63, 3.8) is 0 Å². The average Bonchev–Trinajstić information content (AvgIpc) is 2.13. The Morgan fingerprint density at radius 2 is 1.94 bits per heavy atom. The van der Waals surface area contributed by atoms with E-state index in [2.05, 4.69) is 0 Å². The first-order chi connectivity index (χ1) is 7.26. The number of aliphatic hydroxyl groups excluding tert-OH is 3. The van der Waals surface area contributed by atoms with Crippen molar-refractivity contribution >= 4 is 0 Å². The van der Waals surface area contributed by atoms with Crippen LogP contribution in [0.3, 0.4) is 0 Å². The predicted molar refractivity (Wildman–Crippen MR) is 64.0 cm³/mol. The summed E-state index contributed by atoms with van der Waals surface area (Å²) < 4.78 is 0. The van der Waals surface area contributed by atoms with E-state index in [0.717, 1.165) is 12.0 Å². The molecule has 1 aliphatic carbocycles. The largest absolute Gasteiger partial charge is 0.393 e. The molecule has 94 valence electrons. The second-order valence-corrected chi connectivity index (χ2v) is 5.58. The van der Waals surface area contributed by atoms with Crippen LogP contribution in [0.5, 0.6) is 0 Å². The molecule has 0 amide bonds. The number of aliphatic hydroxyl groups is 3. The molecule has 0 heterocycles. The standard InChI is InChI=1S/C13H24O3/c1-8-7-11(15)12(16)13(3,4)10(8)6-5-9(2)14/h9,11-12,14-16H,5-7H2,1-4H3/t9-,11+,12-/m0/s1. The quantitative estimate of drug-likeness (QED) is 0.643. The average molecular weight is 228 g/mol. The summed E-state index contributed by atoms with van der Waals surface area (Å²) in [5.74, 6) is 0. The number of hydrogen-bond acceptors (Lipinski definition) is 3. The molecule has 0 bridgehead atoms. The first-order valence-electron chi connectivity index (χ1n) is 6.00. The van der Waals surface area contributed by atoms with Gasteiger partial charge in [-0.05, 0) is 33.1 Å². The van der Waals surface area contributed by atoms with Crippen molar-refractivity contribution in [2.75, 3.05) is 0 Å². The van der Waals surface area contributed by atoms with Crippen molar-refractivity contribution in [1.82, 2.24) is 0 Å². The highest BCUT2D eigenvalue weighted by Gasteiger charge is 2.40. The van der Waals surface area contributed by atoms with Gasteiger partial charge in [0, 0.05) is 5.41 Å². The Bertz CT molecular complexity index is 279. The molecule has 0 aromatic rings. The second kappa shape index (κ2) is 4.86. The number of hydrogen-bond donors (Lipinski definition) is 3. The fourth-order valence-electron chi connectivity index (χ4n) is 2.65. The molecule has 16 heavy (non-hydrogen) atoms. The fourth-order valence-corrected chi connectivity index (χ4v) is 2.65. The van der Waals surface area contributed by atoms with Gasteiger partial charge in [0.25, 0.3) is 0 Å². The minimum absolute atomic E-state index is 0.319. The normalized spacial score (nSPS) is 31.7. The molecular formula is C13H24O3. The molecule has 0 radical (unpaired) electrons. The van der Waals surface area contributed by atoms with Crippen LogP contribution in [0, 0.1) is 5.41 Å². The predicted octanol–water partition coefficient (Wildman–Crippen LogP) is 1.62. The first kappa shape index (κ1) is 13.7. The minimum Gasteiger partial charge on any atom is -0.393 e. The molecule has 0 fully saturated rings. The molecule has 0 spiro atoms. The Kier molecular flexibility index (Phi) is 4.16. The Morgan fingerprint density at radius 1 is 1.38 bits per heavy atom. The van der Waals surface area contributed by atoms with E-state index in [1.807, 2.05) is 20.8 Å². The molecule has 0 aromatic heterocycles. The van der Waals surface area contributed by atoms with Crippen molar-refractivity contribution < 1.29 is 15.3 Å². The molecule has 0 aromatic carbocycles. The van der Waals surface area contributed by atoms with Gasteiger partial charge in [0.05, 0.1) is 18.3 Å². The van der Waals surface area contributed by atoms with E-state index in [4.69, 9.17) is 0 Å². The van der Waals surface area contributed by atoms with Gasteiger partial charge in [-0.25, -0.2) is 0 Å². The molecular weight excluding hydrogens is 204 g/mol. The van der Waals surface area contributed by atoms with E-state index in [1.54, 1.807) is 6.92 Å². The zero-order valence-electron chi connectivity index (χ0n) is 10.7. The molecule has 0 saturated carbocycles. The summed E-state index contributed by atoms with van der Waals surface area (Å²) in [6.45, 7) is 7.70. The van der Waals surface area contributed by atoms with Crippen LogP contribution < -0.4 is 0 Å². The van der Waals surface area contributed by atoms with E-state index in [1.165, 1.54) is 5.57 Å². The summed E-state index contributed by atoms with van der Waals surface area (Å²) in [6.07, 6.45) is 0.351. The molecule has 0 aliphatic heterocycles. The summed E-state index contributed by atoms with van der Waals surface area (Å²) in [5, 5.41) is 29.1. The van der Waals surface area contributed by atoms with Crippen molar-refractivity contribution in [1.29, 1.82) is 0 Å². The van der Waals surface area contributed by atoms with Gasteiger partial charge in [0.15, 0.2) is 0 Å². The van der Waals surface area contributed by atoms with Crippen LogP contribution in [0.4, 0.5) is 0 Å². The molecule has 3 heteroatoms. The smallest absolute Gasteiger partial charge is 0.0890 e. The van der Waals surface area contributed by atoms with Gasteiger partial charge in [-0.2, -0.15) is 0 Å². The van der Waals surface area contributed by atoms with Crippen LogP contribution in [0.25, 0.3) is 0 Å². The van der Waals surface area contributed by atoms with Gasteiger partial charge in [-0.1, -0.05) is 25.0 Å². The Morgan fingerprint density at radius 3 is 2.44 bits per heavy atom. The van der Waals surface area contributed by atoms with E-state index in [9.17, 15) is 15.3 Å². The third-order valence-corrected chi connectivity index (χ3v) is 3.72. The van der Waals surface area contributed by atoms with Gasteiger partial charge >= 0.3 is 0 Å². The van der Waals surface area contributed by atoms with Crippen molar-refractivity contribution in [2.24, 2.45) is 5.41 Å². The second-order valence-electron chi connectivity index (χ2n) is 5.58. The lowest BCUT2D eigenvalue weighted by molar-refractivity contribution is -0.0472. The lowest BCUT2D eigenvalue weighted by Gasteiger charge is -2.42. The van der Waals surface area contributed by atoms with Crippen molar-refractivity contribution in [3.05, 3.63) is 11.1 Å². The van der Waals surface area contributed by atoms with Gasteiger partial charge in [0.2, 0.25) is 0 Å². The van der Waals surface area contributed by atoms with Gasteiger partial charge in [-0.15, -0.1) is 0 Å². The zero-order valence-corrected chi connectivity index (χ0v) is 10.7. The van der Waals surface area contributed by atoms with Gasteiger partial charge in [-0.3, -0.25) is 0 Å². The topological polar surface area (TPSA) is 60.7 Å². The highest BCUT2D eigenvalue weighted by Crippen LogP contribution is 2.42. The van der Waals surface area contributed by atoms with Crippen LogP contribution in [0.2, 0.25) is 0 Å². The van der Waals surface area contributed by atoms with Crippen LogP contribution in [-0.4, -0.2) is 33.6 Å². The highest BCUT2D eigenvalue weighted by atomic mass is 16.3. The fraction of sp³-hybridized carbons (Fsp3) is 0.846. The van der Waals surface area contributed by atoms with E-state index >= 15 is 0 Å². The first-order valence-corrected chi connectivity index (χ1v) is 6.00. The Labute approximate surface area is 97.8 Å². The van der Waals surface area contributed by atoms with Gasteiger partial charge in [0.1, 0.15) is 0 Å². The van der Waals surface area contributed by atoms with Gasteiger partial charge < -0.3 is 15.3 Å². The van der Waals surface area contributed by atoms with E-state index < -0.39 is 17.6 Å². The summed E-state index contributed by atoms with van der Waals surface area (Å²) >= 11 is 0. The van der Waals surface area contributed by atoms with Crippen molar-refractivity contribution in [3.8, 4) is 0 Å². The summed E-state index contributed by atoms with van der Waals surface area (Å²) in [6, 6.07) is 0. The SMILES string of the molecule is CC1=C(CC[C@H](C)O)C(C)(C)[C@@H](O)[C@H](O)C1. The van der Waals surface area contributed by atoms with E-state index in [-0.39, 0.29) is 6.10 Å². The summed E-state index contributed by atoms with van der Waals surface area (Å²) in [5.41, 5.74) is 1.95.